The van der Waals surface area contributed by atoms with Crippen LogP contribution >= 0.6 is 15.9 Å². The highest BCUT2D eigenvalue weighted by Gasteiger charge is 2.27. The van der Waals surface area contributed by atoms with Crippen molar-refractivity contribution in [3.8, 4) is 0 Å². The fraction of sp³-hybridized carbons (Fsp3) is 0.417. The molecule has 3 rings (SSSR count). The Labute approximate surface area is 114 Å². The van der Waals surface area contributed by atoms with Crippen LogP contribution < -0.4 is 4.90 Å². The third-order valence-electron chi connectivity index (χ3n) is 3.30. The number of anilines is 1. The second-order valence-electron chi connectivity index (χ2n) is 4.41. The van der Waals surface area contributed by atoms with E-state index in [9.17, 15) is 0 Å². The van der Waals surface area contributed by atoms with Crippen LogP contribution in [0.5, 0.6) is 0 Å². The Bertz CT molecular complexity index is 513. The molecule has 1 aliphatic heterocycles. The molecule has 3 heterocycles. The Morgan fingerprint density at radius 1 is 1.39 bits per heavy atom. The van der Waals surface area contributed by atoms with Crippen molar-refractivity contribution < 1.29 is 0 Å². The van der Waals surface area contributed by atoms with E-state index in [0.717, 1.165) is 29.0 Å². The van der Waals surface area contributed by atoms with Gasteiger partial charge >= 0.3 is 0 Å². The van der Waals surface area contributed by atoms with Crippen LogP contribution in [0.4, 0.5) is 5.82 Å². The molecule has 0 aromatic carbocycles. The molecule has 1 aliphatic rings. The molecule has 0 bridgehead atoms. The van der Waals surface area contributed by atoms with E-state index in [0.29, 0.717) is 6.04 Å². The van der Waals surface area contributed by atoms with Crippen molar-refractivity contribution in [3.05, 3.63) is 35.0 Å². The summed E-state index contributed by atoms with van der Waals surface area (Å²) in [6.07, 6.45) is 8.75. The van der Waals surface area contributed by atoms with Crippen molar-refractivity contribution in [1.82, 2.24) is 20.2 Å². The maximum Gasteiger partial charge on any atom is 0.146 e. The number of piperidine rings is 1. The van der Waals surface area contributed by atoms with Crippen LogP contribution in [0.25, 0.3) is 0 Å². The molecule has 0 saturated carbocycles. The molecule has 2 aromatic rings. The van der Waals surface area contributed by atoms with Gasteiger partial charge in [0.05, 0.1) is 16.2 Å². The number of halogens is 1. The molecule has 1 fully saturated rings. The Balaban J connectivity index is 1.95. The minimum Gasteiger partial charge on any atom is -0.347 e. The van der Waals surface area contributed by atoms with E-state index >= 15 is 0 Å². The number of nitrogens with one attached hydrogen (secondary N) is 1. The number of H-pyrrole nitrogens is 1. The minimum absolute atomic E-state index is 0.326. The molecule has 1 atom stereocenters. The van der Waals surface area contributed by atoms with Gasteiger partial charge in [-0.2, -0.15) is 5.10 Å². The highest BCUT2D eigenvalue weighted by atomic mass is 79.9. The van der Waals surface area contributed by atoms with Gasteiger partial charge in [0.15, 0.2) is 0 Å². The lowest BCUT2D eigenvalue weighted by Gasteiger charge is -2.36. The molecule has 0 spiro atoms. The average molecular weight is 308 g/mol. The second-order valence-corrected chi connectivity index (χ2v) is 5.27. The van der Waals surface area contributed by atoms with Gasteiger partial charge < -0.3 is 4.90 Å². The number of hydrogen-bond donors (Lipinski definition) is 1. The first kappa shape index (κ1) is 11.6. The van der Waals surface area contributed by atoms with Crippen LogP contribution in [0.3, 0.4) is 0 Å². The lowest BCUT2D eigenvalue weighted by Crippen LogP contribution is -2.34. The summed E-state index contributed by atoms with van der Waals surface area (Å²) in [5.74, 6) is 0.962. The molecule has 1 unspecified atom stereocenters. The van der Waals surface area contributed by atoms with Crippen molar-refractivity contribution in [1.29, 1.82) is 0 Å². The Morgan fingerprint density at radius 3 is 3.11 bits per heavy atom. The number of aromatic amines is 1. The monoisotopic (exact) mass is 307 g/mol. The molecule has 0 radical (unpaired) electrons. The van der Waals surface area contributed by atoms with Gasteiger partial charge in [-0.15, -0.1) is 0 Å². The van der Waals surface area contributed by atoms with Gasteiger partial charge in [0, 0.05) is 18.9 Å². The highest BCUT2D eigenvalue weighted by molar-refractivity contribution is 9.10. The molecule has 94 valence electrons. The SMILES string of the molecule is Brc1cncnc1N1CCCCC1c1ccn[nH]1. The van der Waals surface area contributed by atoms with Gasteiger partial charge in [-0.3, -0.25) is 5.10 Å². The van der Waals surface area contributed by atoms with E-state index in [2.05, 4.69) is 41.0 Å². The zero-order valence-electron chi connectivity index (χ0n) is 9.88. The normalized spacial score (nSPS) is 20.1. The van der Waals surface area contributed by atoms with Gasteiger partial charge in [-0.05, 0) is 41.3 Å². The van der Waals surface area contributed by atoms with Crippen molar-refractivity contribution in [3.63, 3.8) is 0 Å². The summed E-state index contributed by atoms with van der Waals surface area (Å²) in [5.41, 5.74) is 1.15. The van der Waals surface area contributed by atoms with E-state index in [1.54, 1.807) is 18.7 Å². The number of rotatable bonds is 2. The predicted octanol–water partition coefficient (Wildman–Crippen LogP) is 2.69. The molecule has 1 saturated heterocycles. The molecule has 5 nitrogen and oxygen atoms in total. The number of nitrogens with zero attached hydrogens (tertiary/aromatic N) is 4. The summed E-state index contributed by atoms with van der Waals surface area (Å²) in [5, 5.41) is 7.13. The van der Waals surface area contributed by atoms with Gasteiger partial charge in [-0.25, -0.2) is 9.97 Å². The van der Waals surface area contributed by atoms with E-state index in [1.807, 2.05) is 6.07 Å². The first-order valence-electron chi connectivity index (χ1n) is 6.07. The average Bonchev–Trinajstić information content (AvgIpc) is 2.93. The van der Waals surface area contributed by atoms with Gasteiger partial charge in [0.2, 0.25) is 0 Å². The maximum atomic E-state index is 4.40. The fourth-order valence-electron chi connectivity index (χ4n) is 2.48. The van der Waals surface area contributed by atoms with Crippen LogP contribution in [-0.2, 0) is 0 Å². The quantitative estimate of drug-likeness (QED) is 0.927. The largest absolute Gasteiger partial charge is 0.347 e. The third kappa shape index (κ3) is 2.12. The third-order valence-corrected chi connectivity index (χ3v) is 3.86. The smallest absolute Gasteiger partial charge is 0.146 e. The summed E-state index contributed by atoms with van der Waals surface area (Å²) in [6.45, 7) is 1.01. The maximum absolute atomic E-state index is 4.40. The lowest BCUT2D eigenvalue weighted by molar-refractivity contribution is 0.460. The molecular formula is C12H14BrN5. The standard InChI is InChI=1S/C12H14BrN5/c13-9-7-14-8-15-12(9)18-6-2-1-3-11(18)10-4-5-16-17-10/h4-5,7-8,11H,1-3,6H2,(H,16,17). The van der Waals surface area contributed by atoms with Crippen LogP contribution in [0.2, 0.25) is 0 Å². The number of aromatic nitrogens is 4. The molecule has 0 amide bonds. The van der Waals surface area contributed by atoms with Crippen LogP contribution in [0.1, 0.15) is 31.0 Å². The summed E-state index contributed by atoms with van der Waals surface area (Å²) < 4.78 is 0.941. The van der Waals surface area contributed by atoms with E-state index < -0.39 is 0 Å². The van der Waals surface area contributed by atoms with Crippen LogP contribution in [0, 0.1) is 0 Å². The molecule has 1 N–H and O–H groups in total. The lowest BCUT2D eigenvalue weighted by atomic mass is 9.99. The number of hydrogen-bond acceptors (Lipinski definition) is 4. The van der Waals surface area contributed by atoms with Gasteiger partial charge in [0.25, 0.3) is 0 Å². The summed E-state index contributed by atoms with van der Waals surface area (Å²) in [7, 11) is 0. The minimum atomic E-state index is 0.326. The van der Waals surface area contributed by atoms with E-state index in [-0.39, 0.29) is 0 Å². The second kappa shape index (κ2) is 5.06. The molecule has 6 heteroatoms. The molecule has 0 aliphatic carbocycles. The zero-order chi connectivity index (χ0) is 12.4. The molecule has 2 aromatic heterocycles. The highest BCUT2D eigenvalue weighted by Crippen LogP contribution is 2.35. The summed E-state index contributed by atoms with van der Waals surface area (Å²) in [4.78, 5) is 10.7. The van der Waals surface area contributed by atoms with Gasteiger partial charge in [-0.1, -0.05) is 0 Å². The topological polar surface area (TPSA) is 57.7 Å². The molecular weight excluding hydrogens is 294 g/mol. The fourth-order valence-corrected chi connectivity index (χ4v) is 2.93. The van der Waals surface area contributed by atoms with Crippen molar-refractivity contribution in [2.45, 2.75) is 25.3 Å². The summed E-state index contributed by atoms with van der Waals surface area (Å²) in [6, 6.07) is 2.37. The summed E-state index contributed by atoms with van der Waals surface area (Å²) >= 11 is 3.53. The Kier molecular flexibility index (Phi) is 3.27. The van der Waals surface area contributed by atoms with E-state index in [1.165, 1.54) is 12.8 Å². The predicted molar refractivity (Wildman–Crippen MR) is 72.3 cm³/mol. The van der Waals surface area contributed by atoms with Crippen LogP contribution in [-0.4, -0.2) is 26.7 Å². The van der Waals surface area contributed by atoms with Crippen LogP contribution in [0.15, 0.2) is 29.3 Å². The van der Waals surface area contributed by atoms with Crippen molar-refractivity contribution in [2.75, 3.05) is 11.4 Å². The molecule has 18 heavy (non-hydrogen) atoms. The Hall–Kier alpha value is -1.43. The van der Waals surface area contributed by atoms with E-state index in [4.69, 9.17) is 0 Å². The first-order chi connectivity index (χ1) is 8.86. The van der Waals surface area contributed by atoms with Crippen molar-refractivity contribution >= 4 is 21.7 Å². The Morgan fingerprint density at radius 2 is 2.33 bits per heavy atom. The first-order valence-corrected chi connectivity index (χ1v) is 6.87. The van der Waals surface area contributed by atoms with Gasteiger partial charge in [0.1, 0.15) is 12.1 Å². The van der Waals surface area contributed by atoms with Crippen molar-refractivity contribution in [2.24, 2.45) is 0 Å². The zero-order valence-corrected chi connectivity index (χ0v) is 11.5.